The van der Waals surface area contributed by atoms with E-state index >= 15 is 0 Å². The first kappa shape index (κ1) is 11.9. The molecule has 0 aliphatic rings. The molecule has 0 heterocycles. The van der Waals surface area contributed by atoms with Crippen LogP contribution >= 0.6 is 0 Å². The molecule has 1 rings (SSSR count). The number of hydrogen-bond donors (Lipinski definition) is 3. The van der Waals surface area contributed by atoms with Gasteiger partial charge in [0.05, 0.1) is 0 Å². The van der Waals surface area contributed by atoms with Crippen molar-refractivity contribution in [2.24, 2.45) is 0 Å². The third-order valence-electron chi connectivity index (χ3n) is 2.18. The maximum Gasteiger partial charge on any atom is 0.0431 e. The quantitative estimate of drug-likeness (QED) is 0.602. The minimum atomic E-state index is 0.279. The first-order chi connectivity index (χ1) is 7.36. The fourth-order valence-corrected chi connectivity index (χ4v) is 1.38. The fraction of sp³-hybridized carbons (Fsp3) is 0.500. The molecule has 15 heavy (non-hydrogen) atoms. The van der Waals surface area contributed by atoms with Crippen molar-refractivity contribution in [3.8, 4) is 0 Å². The highest BCUT2D eigenvalue weighted by Gasteiger charge is 1.92. The lowest BCUT2D eigenvalue weighted by Crippen LogP contribution is -2.02. The van der Waals surface area contributed by atoms with Crippen LogP contribution in [-0.4, -0.2) is 24.8 Å². The monoisotopic (exact) mass is 208 g/mol. The number of unbranched alkanes of at least 4 members (excludes halogenated alkanes) is 1. The molecular formula is C12H20N2O. The van der Waals surface area contributed by atoms with Crippen molar-refractivity contribution in [1.82, 2.24) is 0 Å². The maximum atomic E-state index is 8.62. The van der Waals surface area contributed by atoms with Crippen LogP contribution in [0, 0.1) is 0 Å². The van der Waals surface area contributed by atoms with E-state index in [4.69, 9.17) is 5.11 Å². The van der Waals surface area contributed by atoms with Crippen LogP contribution in [0.4, 0.5) is 11.4 Å². The van der Waals surface area contributed by atoms with Crippen LogP contribution in [0.5, 0.6) is 0 Å². The van der Waals surface area contributed by atoms with Crippen LogP contribution in [0.25, 0.3) is 0 Å². The first-order valence-electron chi connectivity index (χ1n) is 5.55. The zero-order valence-corrected chi connectivity index (χ0v) is 9.29. The van der Waals surface area contributed by atoms with Gasteiger partial charge in [-0.1, -0.05) is 0 Å². The molecule has 0 atom stereocenters. The molecule has 3 N–H and O–H groups in total. The highest BCUT2D eigenvalue weighted by Crippen LogP contribution is 2.13. The Bertz CT molecular complexity index is 259. The number of anilines is 2. The van der Waals surface area contributed by atoms with E-state index in [9.17, 15) is 0 Å². The van der Waals surface area contributed by atoms with E-state index in [1.54, 1.807) is 0 Å². The van der Waals surface area contributed by atoms with Crippen LogP contribution in [0.1, 0.15) is 19.8 Å². The van der Waals surface area contributed by atoms with Gasteiger partial charge in [-0.3, -0.25) is 0 Å². The fourth-order valence-electron chi connectivity index (χ4n) is 1.38. The number of nitrogens with one attached hydrogen (secondary N) is 2. The maximum absolute atomic E-state index is 8.62. The molecule has 84 valence electrons. The lowest BCUT2D eigenvalue weighted by molar-refractivity contribution is 0.286. The summed E-state index contributed by atoms with van der Waals surface area (Å²) in [6.45, 7) is 4.23. The van der Waals surface area contributed by atoms with Gasteiger partial charge in [0.15, 0.2) is 0 Å². The van der Waals surface area contributed by atoms with Crippen LogP contribution in [0.3, 0.4) is 0 Å². The van der Waals surface area contributed by atoms with Crippen molar-refractivity contribution in [1.29, 1.82) is 0 Å². The van der Waals surface area contributed by atoms with Gasteiger partial charge in [-0.2, -0.15) is 0 Å². The number of aliphatic hydroxyl groups is 1. The predicted molar refractivity (Wildman–Crippen MR) is 65.4 cm³/mol. The van der Waals surface area contributed by atoms with Crippen molar-refractivity contribution in [2.75, 3.05) is 30.3 Å². The van der Waals surface area contributed by atoms with E-state index in [1.165, 1.54) is 0 Å². The standard InChI is InChI=1S/C12H20N2O/c1-2-13-11-5-7-12(8-6-11)14-9-3-4-10-15/h5-8,13-15H,2-4,9-10H2,1H3. The lowest BCUT2D eigenvalue weighted by atomic mass is 10.2. The summed E-state index contributed by atoms with van der Waals surface area (Å²) in [7, 11) is 0. The Hall–Kier alpha value is -1.22. The molecule has 0 aliphatic heterocycles. The van der Waals surface area contributed by atoms with Crippen molar-refractivity contribution in [3.63, 3.8) is 0 Å². The molecule has 0 spiro atoms. The van der Waals surface area contributed by atoms with E-state index in [0.29, 0.717) is 0 Å². The summed E-state index contributed by atoms with van der Waals surface area (Å²) in [5.74, 6) is 0. The molecule has 0 aliphatic carbocycles. The van der Waals surface area contributed by atoms with Crippen LogP contribution < -0.4 is 10.6 Å². The van der Waals surface area contributed by atoms with Gasteiger partial charge in [-0.25, -0.2) is 0 Å². The lowest BCUT2D eigenvalue weighted by Gasteiger charge is -2.07. The highest BCUT2D eigenvalue weighted by atomic mass is 16.2. The van der Waals surface area contributed by atoms with Gasteiger partial charge >= 0.3 is 0 Å². The second kappa shape index (κ2) is 7.12. The van der Waals surface area contributed by atoms with Crippen molar-refractivity contribution >= 4 is 11.4 Å². The number of rotatable bonds is 7. The van der Waals surface area contributed by atoms with Gasteiger partial charge in [0.1, 0.15) is 0 Å². The third-order valence-corrected chi connectivity index (χ3v) is 2.18. The Labute approximate surface area is 91.5 Å². The van der Waals surface area contributed by atoms with E-state index in [-0.39, 0.29) is 6.61 Å². The molecule has 0 fully saturated rings. The molecule has 0 aromatic heterocycles. The van der Waals surface area contributed by atoms with Crippen molar-refractivity contribution in [3.05, 3.63) is 24.3 Å². The number of benzene rings is 1. The third kappa shape index (κ3) is 4.70. The van der Waals surface area contributed by atoms with Crippen molar-refractivity contribution < 1.29 is 5.11 Å². The van der Waals surface area contributed by atoms with Gasteiger partial charge in [-0.15, -0.1) is 0 Å². The first-order valence-corrected chi connectivity index (χ1v) is 5.55. The molecule has 0 amide bonds. The van der Waals surface area contributed by atoms with E-state index in [1.807, 2.05) is 0 Å². The number of hydrogen-bond acceptors (Lipinski definition) is 3. The van der Waals surface area contributed by atoms with Gasteiger partial charge in [-0.05, 0) is 44.0 Å². The molecule has 1 aromatic rings. The molecule has 1 aromatic carbocycles. The second-order valence-electron chi connectivity index (χ2n) is 3.47. The molecule has 0 unspecified atom stereocenters. The van der Waals surface area contributed by atoms with Crippen LogP contribution in [-0.2, 0) is 0 Å². The predicted octanol–water partition coefficient (Wildman–Crippen LogP) is 2.30. The van der Waals surface area contributed by atoms with Gasteiger partial charge < -0.3 is 15.7 Å². The van der Waals surface area contributed by atoms with Crippen LogP contribution in [0.15, 0.2) is 24.3 Å². The van der Waals surface area contributed by atoms with Crippen molar-refractivity contribution in [2.45, 2.75) is 19.8 Å². The topological polar surface area (TPSA) is 44.3 Å². The smallest absolute Gasteiger partial charge is 0.0431 e. The van der Waals surface area contributed by atoms with Gasteiger partial charge in [0.25, 0.3) is 0 Å². The Kier molecular flexibility index (Phi) is 5.63. The molecule has 0 bridgehead atoms. The second-order valence-corrected chi connectivity index (χ2v) is 3.47. The van der Waals surface area contributed by atoms with E-state index in [0.717, 1.165) is 37.3 Å². The summed E-state index contributed by atoms with van der Waals surface area (Å²) < 4.78 is 0. The summed E-state index contributed by atoms with van der Waals surface area (Å²) in [4.78, 5) is 0. The molecule has 3 nitrogen and oxygen atoms in total. The largest absolute Gasteiger partial charge is 0.396 e. The Morgan fingerprint density at radius 3 is 2.13 bits per heavy atom. The summed E-state index contributed by atoms with van der Waals surface area (Å²) >= 11 is 0. The summed E-state index contributed by atoms with van der Waals surface area (Å²) in [6.07, 6.45) is 1.87. The molecule has 3 heteroatoms. The zero-order valence-electron chi connectivity index (χ0n) is 9.29. The molecule has 0 saturated heterocycles. The summed E-state index contributed by atoms with van der Waals surface area (Å²) in [6, 6.07) is 8.27. The minimum Gasteiger partial charge on any atom is -0.396 e. The molecular weight excluding hydrogens is 188 g/mol. The molecule has 0 radical (unpaired) electrons. The Balaban J connectivity index is 2.29. The van der Waals surface area contributed by atoms with E-state index < -0.39 is 0 Å². The summed E-state index contributed by atoms with van der Waals surface area (Å²) in [5.41, 5.74) is 2.29. The van der Waals surface area contributed by atoms with E-state index in [2.05, 4.69) is 41.8 Å². The highest BCUT2D eigenvalue weighted by molar-refractivity contribution is 5.53. The number of aliphatic hydroxyl groups excluding tert-OH is 1. The Morgan fingerprint density at radius 2 is 1.60 bits per heavy atom. The minimum absolute atomic E-state index is 0.279. The zero-order chi connectivity index (χ0) is 10.9. The average Bonchev–Trinajstić information content (AvgIpc) is 2.27. The average molecular weight is 208 g/mol. The Morgan fingerprint density at radius 1 is 1.00 bits per heavy atom. The summed E-state index contributed by atoms with van der Waals surface area (Å²) in [5, 5.41) is 15.2. The normalized spacial score (nSPS) is 10.0. The molecule has 0 saturated carbocycles. The SMILES string of the molecule is CCNc1ccc(NCCCCO)cc1. The van der Waals surface area contributed by atoms with Crippen LogP contribution in [0.2, 0.25) is 0 Å². The van der Waals surface area contributed by atoms with Gasteiger partial charge in [0.2, 0.25) is 0 Å². The van der Waals surface area contributed by atoms with Gasteiger partial charge in [0, 0.05) is 31.1 Å².